The molecule has 2 saturated heterocycles. The predicted octanol–water partition coefficient (Wildman–Crippen LogP) is 3.88. The maximum Gasteiger partial charge on any atom is 0.481 e. The summed E-state index contributed by atoms with van der Waals surface area (Å²) in [6.07, 6.45) is 4.19. The second-order valence-corrected chi connectivity index (χ2v) is 16.5. The molecular formula is C33H57BN6O8. The fourth-order valence-corrected chi connectivity index (χ4v) is 8.25. The van der Waals surface area contributed by atoms with Crippen molar-refractivity contribution in [2.75, 3.05) is 19.6 Å². The third-order valence-corrected chi connectivity index (χ3v) is 10.9. The number of carbonyl (C=O) groups excluding carboxylic acids is 3. The van der Waals surface area contributed by atoms with Crippen molar-refractivity contribution >= 4 is 30.9 Å². The standard InChI is InChI=1S/C33H57BN6O8/c1-20(2)15-27(34-47-26-18-23-17-25(32(23,6)7)33(26,8)48-34)37-28(42)21(11-9-13-36-29(35)38-40(44)45)16-24(41)22-12-10-14-39(19-22)30(43)46-31(3,4)5/h20-23,25-27H,9-19H2,1-8H3,(H,37,42)(H3,35,36,38)/t21-,22?,23+,25+,26-,27+,33+/m1/s1. The van der Waals surface area contributed by atoms with Crippen molar-refractivity contribution in [3.8, 4) is 0 Å². The zero-order valence-electron chi connectivity index (χ0n) is 30.1. The Morgan fingerprint density at radius 3 is 2.54 bits per heavy atom. The Bertz CT molecular complexity index is 1240. The van der Waals surface area contributed by atoms with Crippen molar-refractivity contribution in [1.82, 2.24) is 15.6 Å². The number of nitrogens with one attached hydrogen (secondary N) is 2. The number of hydrogen-bond acceptors (Lipinski definition) is 9. The van der Waals surface area contributed by atoms with Crippen molar-refractivity contribution in [2.24, 2.45) is 45.7 Å². The van der Waals surface area contributed by atoms with E-state index in [1.807, 2.05) is 5.43 Å². The van der Waals surface area contributed by atoms with Crippen molar-refractivity contribution in [3.63, 3.8) is 0 Å². The summed E-state index contributed by atoms with van der Waals surface area (Å²) < 4.78 is 18.8. The summed E-state index contributed by atoms with van der Waals surface area (Å²) in [6.45, 7) is 17.3. The van der Waals surface area contributed by atoms with Gasteiger partial charge in [-0.3, -0.25) is 9.59 Å². The molecular weight excluding hydrogens is 619 g/mol. The molecule has 2 bridgehead atoms. The summed E-state index contributed by atoms with van der Waals surface area (Å²) in [6, 6.07) is 0. The number of ketones is 1. The van der Waals surface area contributed by atoms with Crippen molar-refractivity contribution in [2.45, 2.75) is 130 Å². The van der Waals surface area contributed by atoms with E-state index < -0.39 is 47.2 Å². The van der Waals surface area contributed by atoms with Gasteiger partial charge in [0.25, 0.3) is 5.96 Å². The number of ether oxygens (including phenoxy) is 1. The molecule has 5 fully saturated rings. The van der Waals surface area contributed by atoms with Gasteiger partial charge in [0.2, 0.25) is 5.91 Å². The molecule has 0 aromatic rings. The number of carbonyl (C=O) groups is 3. The molecule has 7 atom stereocenters. The number of nitrogens with zero attached hydrogens (tertiary/aromatic N) is 3. The number of hydrazine groups is 1. The first-order valence-electron chi connectivity index (χ1n) is 17.6. The number of hydrogen-bond donors (Lipinski definition) is 3. The molecule has 0 radical (unpaired) electrons. The Labute approximate surface area is 285 Å². The molecule has 2 heterocycles. The predicted molar refractivity (Wildman–Crippen MR) is 181 cm³/mol. The van der Waals surface area contributed by atoms with Gasteiger partial charge in [0.15, 0.2) is 5.03 Å². The molecule has 0 aromatic carbocycles. The minimum atomic E-state index is -0.790. The lowest BCUT2D eigenvalue weighted by molar-refractivity contribution is -0.525. The van der Waals surface area contributed by atoms with Crippen LogP contribution >= 0.6 is 0 Å². The van der Waals surface area contributed by atoms with Gasteiger partial charge in [0.1, 0.15) is 11.4 Å². The van der Waals surface area contributed by atoms with Gasteiger partial charge in [-0.05, 0) is 95.8 Å². The van der Waals surface area contributed by atoms with Gasteiger partial charge in [-0.25, -0.2) is 19.9 Å². The van der Waals surface area contributed by atoms with Gasteiger partial charge in [-0.2, -0.15) is 0 Å². The van der Waals surface area contributed by atoms with Gasteiger partial charge in [0.05, 0.1) is 17.6 Å². The molecule has 3 aliphatic carbocycles. The topological polar surface area (TPSA) is 188 Å². The van der Waals surface area contributed by atoms with Gasteiger partial charge >= 0.3 is 13.2 Å². The van der Waals surface area contributed by atoms with Crippen molar-refractivity contribution in [3.05, 3.63) is 10.1 Å². The molecule has 15 heteroatoms. The number of guanidine groups is 1. The SMILES string of the molecule is CC(C)C[C@H](NC(=O)[C@H](CCCN=C(N)N[N+](=O)[O-])CC(=O)C1CCCN(C(=O)OC(C)(C)C)C1)B1O[C@@H]2C[C@@H]3C[C@@H](C3(C)C)[C@]2(C)O1. The highest BCUT2D eigenvalue weighted by Crippen LogP contribution is 2.65. The molecule has 0 spiro atoms. The largest absolute Gasteiger partial charge is 0.481 e. The summed E-state index contributed by atoms with van der Waals surface area (Å²) >= 11 is 0. The summed E-state index contributed by atoms with van der Waals surface area (Å²) in [5.41, 5.74) is 6.50. The normalized spacial score (nSPS) is 29.4. The van der Waals surface area contributed by atoms with Crippen LogP contribution in [0.5, 0.6) is 0 Å². The first-order valence-corrected chi connectivity index (χ1v) is 17.6. The second kappa shape index (κ2) is 14.9. The molecule has 0 aromatic heterocycles. The van der Waals surface area contributed by atoms with Crippen LogP contribution in [0.25, 0.3) is 0 Å². The molecule has 14 nitrogen and oxygen atoms in total. The van der Waals surface area contributed by atoms with E-state index in [-0.39, 0.29) is 54.6 Å². The Kier molecular flexibility index (Phi) is 11.8. The average Bonchev–Trinajstić information content (AvgIpc) is 3.34. The zero-order chi connectivity index (χ0) is 35.6. The highest BCUT2D eigenvalue weighted by atomic mass is 16.7. The van der Waals surface area contributed by atoms with Crippen LogP contribution in [0.3, 0.4) is 0 Å². The molecule has 5 rings (SSSR count). The maximum absolute atomic E-state index is 14.1. The fraction of sp³-hybridized carbons (Fsp3) is 0.879. The minimum absolute atomic E-state index is 0.00986. The van der Waals surface area contributed by atoms with Gasteiger partial charge in [-0.15, -0.1) is 0 Å². The number of nitro groups is 1. The van der Waals surface area contributed by atoms with E-state index in [0.717, 1.165) is 12.8 Å². The lowest BCUT2D eigenvalue weighted by atomic mass is 9.43. The third-order valence-electron chi connectivity index (χ3n) is 10.9. The Morgan fingerprint density at radius 1 is 1.21 bits per heavy atom. The zero-order valence-corrected chi connectivity index (χ0v) is 30.1. The summed E-state index contributed by atoms with van der Waals surface area (Å²) in [4.78, 5) is 56.8. The van der Waals surface area contributed by atoms with Crippen LogP contribution in [0.1, 0.15) is 107 Å². The highest BCUT2D eigenvalue weighted by molar-refractivity contribution is 6.47. The van der Waals surface area contributed by atoms with E-state index in [1.165, 1.54) is 0 Å². The number of rotatable bonds is 13. The lowest BCUT2D eigenvalue weighted by Crippen LogP contribution is -2.65. The van der Waals surface area contributed by atoms with Crippen LogP contribution in [-0.4, -0.2) is 83.7 Å². The fourth-order valence-electron chi connectivity index (χ4n) is 8.25. The molecule has 1 unspecified atom stereocenters. The third kappa shape index (κ3) is 8.99. The van der Waals surface area contributed by atoms with Gasteiger partial charge in [0, 0.05) is 37.9 Å². The summed E-state index contributed by atoms with van der Waals surface area (Å²) in [5, 5.41) is 13.1. The summed E-state index contributed by atoms with van der Waals surface area (Å²) in [5.74, 6) is -0.969. The number of nitrogens with two attached hydrogens (primary N) is 1. The Hall–Kier alpha value is -2.94. The smallest absolute Gasteiger partial charge is 0.444 e. The number of likely N-dealkylation sites (tertiary alicyclic amines) is 1. The monoisotopic (exact) mass is 676 g/mol. The van der Waals surface area contributed by atoms with Crippen LogP contribution in [0.15, 0.2) is 4.99 Å². The minimum Gasteiger partial charge on any atom is -0.444 e. The second-order valence-electron chi connectivity index (χ2n) is 16.5. The average molecular weight is 677 g/mol. The number of piperidine rings is 1. The molecule has 2 aliphatic heterocycles. The highest BCUT2D eigenvalue weighted by Gasteiger charge is 2.68. The lowest BCUT2D eigenvalue weighted by Gasteiger charge is -2.64. The van der Waals surface area contributed by atoms with Crippen LogP contribution in [0, 0.1) is 45.1 Å². The van der Waals surface area contributed by atoms with E-state index in [0.29, 0.717) is 50.5 Å². The van der Waals surface area contributed by atoms with Crippen LogP contribution in [0.2, 0.25) is 0 Å². The maximum atomic E-state index is 14.1. The quantitative estimate of drug-likeness (QED) is 0.0645. The number of Topliss-reactive ketones (excluding diaryl/α,β-unsaturated/α-hetero) is 1. The van der Waals surface area contributed by atoms with E-state index in [4.69, 9.17) is 19.8 Å². The molecule has 270 valence electrons. The van der Waals surface area contributed by atoms with Crippen LogP contribution < -0.4 is 16.5 Å². The number of amides is 2. The van der Waals surface area contributed by atoms with Gasteiger partial charge < -0.3 is 30.0 Å². The van der Waals surface area contributed by atoms with Crippen molar-refractivity contribution < 1.29 is 33.5 Å². The van der Waals surface area contributed by atoms with Gasteiger partial charge in [-0.1, -0.05) is 33.1 Å². The van der Waals surface area contributed by atoms with E-state index in [2.05, 4.69) is 44.9 Å². The first kappa shape index (κ1) is 37.9. The Balaban J connectivity index is 1.46. The van der Waals surface area contributed by atoms with Crippen LogP contribution in [0.4, 0.5) is 4.79 Å². The molecule has 48 heavy (non-hydrogen) atoms. The molecule has 5 aliphatic rings. The molecule has 4 N–H and O–H groups in total. The van der Waals surface area contributed by atoms with Crippen molar-refractivity contribution in [1.29, 1.82) is 0 Å². The Morgan fingerprint density at radius 2 is 1.92 bits per heavy atom. The molecule has 3 saturated carbocycles. The summed E-state index contributed by atoms with van der Waals surface area (Å²) in [7, 11) is -0.601. The van der Waals surface area contributed by atoms with E-state index in [9.17, 15) is 24.5 Å². The molecule has 2 amide bonds. The van der Waals surface area contributed by atoms with E-state index >= 15 is 0 Å². The first-order chi connectivity index (χ1) is 22.3. The van der Waals surface area contributed by atoms with Crippen LogP contribution in [-0.2, 0) is 23.6 Å². The van der Waals surface area contributed by atoms with E-state index in [1.54, 1.807) is 25.7 Å². The number of aliphatic imine (C=N–C) groups is 1.